The molecule has 166 valence electrons. The number of nitrogens with one attached hydrogen (secondary N) is 1. The number of ether oxygens (including phenoxy) is 1. The number of nitro groups is 1. The molecule has 1 fully saturated rings. The van der Waals surface area contributed by atoms with E-state index in [4.69, 9.17) is 4.74 Å². The molecule has 1 aliphatic heterocycles. The molecular weight excluding hydrogens is 417 g/mol. The maximum absolute atomic E-state index is 13.4. The Balaban J connectivity index is 1.54. The number of nitro benzene ring substituents is 1. The van der Waals surface area contributed by atoms with Crippen molar-refractivity contribution in [2.75, 3.05) is 19.8 Å². The lowest BCUT2D eigenvalue weighted by atomic mass is 9.74. The number of halogens is 1. The predicted molar refractivity (Wildman–Crippen MR) is 113 cm³/mol. The van der Waals surface area contributed by atoms with Crippen molar-refractivity contribution in [3.05, 3.63) is 81.4 Å². The first-order valence-corrected chi connectivity index (χ1v) is 10.2. The molecule has 1 aromatic heterocycles. The highest BCUT2D eigenvalue weighted by Crippen LogP contribution is 2.34. The van der Waals surface area contributed by atoms with Gasteiger partial charge in [-0.15, -0.1) is 5.10 Å². The van der Waals surface area contributed by atoms with Crippen LogP contribution in [-0.2, 0) is 10.2 Å². The van der Waals surface area contributed by atoms with Crippen LogP contribution in [0.2, 0.25) is 0 Å². The van der Waals surface area contributed by atoms with Crippen LogP contribution < -0.4 is 5.32 Å². The van der Waals surface area contributed by atoms with Gasteiger partial charge in [-0.05, 0) is 43.5 Å². The lowest BCUT2D eigenvalue weighted by molar-refractivity contribution is -0.384. The lowest BCUT2D eigenvalue weighted by Gasteiger charge is -2.37. The molecule has 2 heterocycles. The third-order valence-corrected chi connectivity index (χ3v) is 5.89. The van der Waals surface area contributed by atoms with E-state index in [1.54, 1.807) is 31.2 Å². The van der Waals surface area contributed by atoms with Gasteiger partial charge in [0, 0.05) is 37.3 Å². The second-order valence-corrected chi connectivity index (χ2v) is 7.79. The fourth-order valence-corrected chi connectivity index (χ4v) is 3.99. The van der Waals surface area contributed by atoms with E-state index in [0.717, 1.165) is 5.56 Å². The summed E-state index contributed by atoms with van der Waals surface area (Å²) in [5.41, 5.74) is 1.54. The summed E-state index contributed by atoms with van der Waals surface area (Å²) in [7, 11) is 0. The number of carbonyl (C=O) groups excluding carboxylic acids is 1. The van der Waals surface area contributed by atoms with E-state index in [2.05, 4.69) is 15.6 Å². The van der Waals surface area contributed by atoms with Gasteiger partial charge in [-0.2, -0.15) is 0 Å². The molecule has 0 saturated carbocycles. The maximum atomic E-state index is 13.4. The SMILES string of the molecule is Cc1c(C(=O)NCC2(c3ccc(F)cc3)CCOCC2)nnn1-c1cccc([N+](=O)[O-])c1. The van der Waals surface area contributed by atoms with Crippen LogP contribution in [0.5, 0.6) is 0 Å². The second kappa shape index (κ2) is 8.83. The van der Waals surface area contributed by atoms with Crippen molar-refractivity contribution in [1.82, 2.24) is 20.3 Å². The summed E-state index contributed by atoms with van der Waals surface area (Å²) in [6.45, 7) is 3.12. The Hall–Kier alpha value is -3.66. The summed E-state index contributed by atoms with van der Waals surface area (Å²) in [6.07, 6.45) is 1.39. The van der Waals surface area contributed by atoms with Gasteiger partial charge in [0.2, 0.25) is 0 Å². The van der Waals surface area contributed by atoms with Crippen LogP contribution in [0.25, 0.3) is 5.69 Å². The molecule has 3 aromatic rings. The first-order chi connectivity index (χ1) is 15.4. The number of amides is 1. The number of hydrogen-bond donors (Lipinski definition) is 1. The molecule has 1 amide bonds. The van der Waals surface area contributed by atoms with Crippen molar-refractivity contribution >= 4 is 11.6 Å². The molecule has 4 rings (SSSR count). The summed E-state index contributed by atoms with van der Waals surface area (Å²) in [5, 5.41) is 22.0. The number of rotatable bonds is 6. The Morgan fingerprint density at radius 3 is 2.66 bits per heavy atom. The van der Waals surface area contributed by atoms with Gasteiger partial charge in [-0.25, -0.2) is 9.07 Å². The summed E-state index contributed by atoms with van der Waals surface area (Å²) in [4.78, 5) is 23.5. The number of hydrogen-bond acceptors (Lipinski definition) is 6. The van der Waals surface area contributed by atoms with Crippen LogP contribution in [0.15, 0.2) is 48.5 Å². The molecule has 32 heavy (non-hydrogen) atoms. The molecule has 0 aliphatic carbocycles. The molecule has 0 unspecified atom stereocenters. The fraction of sp³-hybridized carbons (Fsp3) is 0.318. The molecule has 0 radical (unpaired) electrons. The van der Waals surface area contributed by atoms with Crippen molar-refractivity contribution < 1.29 is 18.8 Å². The first-order valence-electron chi connectivity index (χ1n) is 10.2. The van der Waals surface area contributed by atoms with E-state index in [-0.39, 0.29) is 22.6 Å². The predicted octanol–water partition coefficient (Wildman–Crippen LogP) is 3.10. The zero-order chi connectivity index (χ0) is 22.7. The minimum Gasteiger partial charge on any atom is -0.381 e. The minimum absolute atomic E-state index is 0.0795. The van der Waals surface area contributed by atoms with Gasteiger partial charge in [0.15, 0.2) is 5.69 Å². The Morgan fingerprint density at radius 1 is 1.25 bits per heavy atom. The van der Waals surface area contributed by atoms with Gasteiger partial charge >= 0.3 is 0 Å². The molecule has 1 N–H and O–H groups in total. The number of benzene rings is 2. The van der Waals surface area contributed by atoms with Gasteiger partial charge < -0.3 is 10.1 Å². The van der Waals surface area contributed by atoms with Gasteiger partial charge in [0.05, 0.1) is 16.3 Å². The van der Waals surface area contributed by atoms with Crippen molar-refractivity contribution in [3.8, 4) is 5.69 Å². The van der Waals surface area contributed by atoms with E-state index in [0.29, 0.717) is 44.0 Å². The Morgan fingerprint density at radius 2 is 1.97 bits per heavy atom. The molecule has 0 spiro atoms. The van der Waals surface area contributed by atoms with Crippen LogP contribution >= 0.6 is 0 Å². The van der Waals surface area contributed by atoms with E-state index in [1.165, 1.54) is 28.9 Å². The highest BCUT2D eigenvalue weighted by molar-refractivity contribution is 5.93. The molecular formula is C22H22FN5O4. The quantitative estimate of drug-likeness (QED) is 0.467. The Labute approximate surface area is 183 Å². The average molecular weight is 439 g/mol. The zero-order valence-corrected chi connectivity index (χ0v) is 17.5. The van der Waals surface area contributed by atoms with Crippen molar-refractivity contribution in [2.24, 2.45) is 0 Å². The van der Waals surface area contributed by atoms with Gasteiger partial charge in [-0.3, -0.25) is 14.9 Å². The highest BCUT2D eigenvalue weighted by Gasteiger charge is 2.35. The van der Waals surface area contributed by atoms with Gasteiger partial charge in [0.1, 0.15) is 5.82 Å². The van der Waals surface area contributed by atoms with E-state index >= 15 is 0 Å². The normalized spacial score (nSPS) is 15.3. The molecule has 0 atom stereocenters. The summed E-state index contributed by atoms with van der Waals surface area (Å²) in [6, 6.07) is 12.3. The van der Waals surface area contributed by atoms with Crippen molar-refractivity contribution in [2.45, 2.75) is 25.2 Å². The first kappa shape index (κ1) is 21.6. The van der Waals surface area contributed by atoms with Gasteiger partial charge in [0.25, 0.3) is 11.6 Å². The van der Waals surface area contributed by atoms with Crippen LogP contribution in [0.4, 0.5) is 10.1 Å². The minimum atomic E-state index is -0.494. The van der Waals surface area contributed by atoms with Crippen molar-refractivity contribution in [3.63, 3.8) is 0 Å². The number of aromatic nitrogens is 3. The molecule has 0 bridgehead atoms. The van der Waals surface area contributed by atoms with E-state index < -0.39 is 10.8 Å². The molecule has 9 nitrogen and oxygen atoms in total. The summed E-state index contributed by atoms with van der Waals surface area (Å²) in [5.74, 6) is -0.708. The van der Waals surface area contributed by atoms with Crippen LogP contribution in [0, 0.1) is 22.9 Å². The van der Waals surface area contributed by atoms with Gasteiger partial charge in [-0.1, -0.05) is 23.4 Å². The van der Waals surface area contributed by atoms with Crippen molar-refractivity contribution in [1.29, 1.82) is 0 Å². The van der Waals surface area contributed by atoms with Crippen LogP contribution in [-0.4, -0.2) is 45.6 Å². The average Bonchev–Trinajstić information content (AvgIpc) is 3.20. The largest absolute Gasteiger partial charge is 0.381 e. The number of non-ortho nitro benzene ring substituents is 1. The van der Waals surface area contributed by atoms with E-state index in [1.807, 2.05) is 0 Å². The Bertz CT molecular complexity index is 1140. The highest BCUT2D eigenvalue weighted by atomic mass is 19.1. The third-order valence-electron chi connectivity index (χ3n) is 5.89. The lowest BCUT2D eigenvalue weighted by Crippen LogP contribution is -2.44. The second-order valence-electron chi connectivity index (χ2n) is 7.79. The fourth-order valence-electron chi connectivity index (χ4n) is 3.99. The van der Waals surface area contributed by atoms with Crippen LogP contribution in [0.1, 0.15) is 34.6 Å². The Kier molecular flexibility index (Phi) is 5.95. The molecule has 10 heteroatoms. The standard InChI is InChI=1S/C22H22FN5O4/c1-15-20(25-26-27(15)18-3-2-4-19(13-18)28(30)31)21(29)24-14-22(9-11-32-12-10-22)16-5-7-17(23)8-6-16/h2-8,13H,9-12,14H2,1H3,(H,24,29). The topological polar surface area (TPSA) is 112 Å². The monoisotopic (exact) mass is 439 g/mol. The summed E-state index contributed by atoms with van der Waals surface area (Å²) >= 11 is 0. The van der Waals surface area contributed by atoms with Crippen LogP contribution in [0.3, 0.4) is 0 Å². The van der Waals surface area contributed by atoms with E-state index in [9.17, 15) is 19.3 Å². The zero-order valence-electron chi connectivity index (χ0n) is 17.5. The number of carbonyl (C=O) groups is 1. The molecule has 1 aliphatic rings. The smallest absolute Gasteiger partial charge is 0.273 e. The molecule has 2 aromatic carbocycles. The molecule has 1 saturated heterocycles. The third kappa shape index (κ3) is 4.22. The summed E-state index contributed by atoms with van der Waals surface area (Å²) < 4.78 is 20.3. The maximum Gasteiger partial charge on any atom is 0.273 e. The number of nitrogens with zero attached hydrogens (tertiary/aromatic N) is 4.